The molecule has 11 nitrogen and oxygen atoms in total. The Kier molecular flexibility index (Phi) is 10.7. The first kappa shape index (κ1) is 31.3. The van der Waals surface area contributed by atoms with Gasteiger partial charge in [0, 0.05) is 26.2 Å². The monoisotopic (exact) mass is 572 g/mol. The first-order chi connectivity index (χ1) is 19.6. The molecular weight excluding hydrogens is 527 g/mol. The average molecular weight is 573 g/mol. The van der Waals surface area contributed by atoms with Gasteiger partial charge in [-0.1, -0.05) is 30.3 Å². The summed E-state index contributed by atoms with van der Waals surface area (Å²) in [6.07, 6.45) is 2.07. The van der Waals surface area contributed by atoms with Gasteiger partial charge < -0.3 is 39.2 Å². The molecule has 226 valence electrons. The number of nitrogens with one attached hydrogen (secondary N) is 2. The van der Waals surface area contributed by atoms with Crippen LogP contribution in [0.25, 0.3) is 0 Å². The van der Waals surface area contributed by atoms with Crippen molar-refractivity contribution in [2.45, 2.75) is 76.6 Å². The third kappa shape index (κ3) is 8.44. The van der Waals surface area contributed by atoms with Gasteiger partial charge in [0.25, 0.3) is 0 Å². The van der Waals surface area contributed by atoms with Crippen LogP contribution >= 0.6 is 0 Å². The van der Waals surface area contributed by atoms with Crippen LogP contribution in [0.5, 0.6) is 0 Å². The van der Waals surface area contributed by atoms with Crippen LogP contribution in [0, 0.1) is 0 Å². The molecule has 0 aliphatic carbocycles. The lowest BCUT2D eigenvalue weighted by atomic mass is 9.75. The van der Waals surface area contributed by atoms with Crippen LogP contribution in [0.3, 0.4) is 0 Å². The molecule has 4 amide bonds. The van der Waals surface area contributed by atoms with Crippen LogP contribution in [0.15, 0.2) is 30.3 Å². The second kappa shape index (κ2) is 14.0. The summed E-state index contributed by atoms with van der Waals surface area (Å²) in [6.45, 7) is 11.4. The Morgan fingerprint density at radius 3 is 2.00 bits per heavy atom. The molecule has 3 fully saturated rings. The Hall–Kier alpha value is -2.67. The average Bonchev–Trinajstić information content (AvgIpc) is 3.19. The number of ether oxygens (including phenoxy) is 2. The summed E-state index contributed by atoms with van der Waals surface area (Å²) in [5, 5.41) is 5.92. The standard InChI is InChI=1S/C29H45BN4O7/c1-28(2)29(3,4)41-30(40-28)24(12-8-11-22-9-6-5-7-10-22)32-26(36)23(21-25(35)33-13-17-38-18-14-33)31-27(37)34-15-19-39-20-16-34/h5-7,9-10,23-24H,8,11-21H2,1-4H3,(H,31,37)(H,32,36). The molecular formula is C29H45BN4O7. The number of carbonyl (C=O) groups excluding carboxylic acids is 3. The molecule has 3 aliphatic rings. The highest BCUT2D eigenvalue weighted by molar-refractivity contribution is 6.48. The van der Waals surface area contributed by atoms with Crippen molar-refractivity contribution in [1.82, 2.24) is 20.4 Å². The summed E-state index contributed by atoms with van der Waals surface area (Å²) in [7, 11) is -0.676. The first-order valence-corrected chi connectivity index (χ1v) is 14.7. The van der Waals surface area contributed by atoms with Crippen molar-refractivity contribution in [2.75, 3.05) is 52.6 Å². The van der Waals surface area contributed by atoms with Crippen LogP contribution in [0.4, 0.5) is 4.79 Å². The molecule has 2 N–H and O–H groups in total. The van der Waals surface area contributed by atoms with Crippen LogP contribution in [-0.2, 0) is 34.8 Å². The molecule has 2 unspecified atom stereocenters. The lowest BCUT2D eigenvalue weighted by molar-refractivity contribution is -0.138. The quantitative estimate of drug-likeness (QED) is 0.411. The molecule has 41 heavy (non-hydrogen) atoms. The van der Waals surface area contributed by atoms with E-state index >= 15 is 0 Å². The largest absolute Gasteiger partial charge is 0.481 e. The predicted molar refractivity (Wildman–Crippen MR) is 154 cm³/mol. The summed E-state index contributed by atoms with van der Waals surface area (Å²) in [5.41, 5.74) is 0.0605. The Labute approximate surface area is 243 Å². The van der Waals surface area contributed by atoms with Crippen molar-refractivity contribution in [2.24, 2.45) is 0 Å². The zero-order chi connectivity index (χ0) is 29.5. The fourth-order valence-electron chi connectivity index (χ4n) is 5.12. The Morgan fingerprint density at radius 1 is 0.854 bits per heavy atom. The van der Waals surface area contributed by atoms with Crippen molar-refractivity contribution >= 4 is 25.0 Å². The molecule has 3 aliphatic heterocycles. The van der Waals surface area contributed by atoms with E-state index in [1.807, 2.05) is 45.9 Å². The van der Waals surface area contributed by atoms with Gasteiger partial charge in [-0.2, -0.15) is 0 Å². The van der Waals surface area contributed by atoms with Crippen molar-refractivity contribution in [3.8, 4) is 0 Å². The van der Waals surface area contributed by atoms with Gasteiger partial charge in [-0.3, -0.25) is 9.59 Å². The maximum atomic E-state index is 13.8. The molecule has 3 heterocycles. The maximum absolute atomic E-state index is 13.8. The number of amides is 4. The van der Waals surface area contributed by atoms with E-state index in [4.69, 9.17) is 18.8 Å². The van der Waals surface area contributed by atoms with Crippen molar-refractivity contribution in [3.63, 3.8) is 0 Å². The Balaban J connectivity index is 1.48. The van der Waals surface area contributed by atoms with Crippen LogP contribution in [0.2, 0.25) is 0 Å². The van der Waals surface area contributed by atoms with E-state index in [-0.39, 0.29) is 18.4 Å². The lowest BCUT2D eigenvalue weighted by Crippen LogP contribution is -2.58. The Morgan fingerprint density at radius 2 is 1.41 bits per heavy atom. The van der Waals surface area contributed by atoms with Gasteiger partial charge in [-0.05, 0) is 52.5 Å². The molecule has 2 atom stereocenters. The van der Waals surface area contributed by atoms with E-state index in [0.717, 1.165) is 12.8 Å². The third-order valence-corrected chi connectivity index (χ3v) is 8.41. The summed E-state index contributed by atoms with van der Waals surface area (Å²) < 4.78 is 23.4. The number of hydrogen-bond acceptors (Lipinski definition) is 7. The second-order valence-electron chi connectivity index (χ2n) is 11.9. The number of rotatable bonds is 10. The molecule has 1 aromatic carbocycles. The molecule has 3 saturated heterocycles. The van der Waals surface area contributed by atoms with Crippen LogP contribution < -0.4 is 10.6 Å². The SMILES string of the molecule is CC1(C)OB(C(CCCc2ccccc2)NC(=O)C(CC(=O)N2CCOCC2)NC(=O)N2CCOCC2)OC1(C)C. The van der Waals surface area contributed by atoms with Gasteiger partial charge in [-0.15, -0.1) is 0 Å². The minimum Gasteiger partial charge on any atom is -0.402 e. The number of urea groups is 1. The fraction of sp³-hybridized carbons (Fsp3) is 0.690. The van der Waals surface area contributed by atoms with E-state index in [0.29, 0.717) is 59.0 Å². The number of nitrogens with zero attached hydrogens (tertiary/aromatic N) is 2. The molecule has 0 saturated carbocycles. The summed E-state index contributed by atoms with van der Waals surface area (Å²) in [4.78, 5) is 43.4. The molecule has 4 rings (SSSR count). The topological polar surface area (TPSA) is 119 Å². The lowest BCUT2D eigenvalue weighted by Gasteiger charge is -2.32. The van der Waals surface area contributed by atoms with E-state index < -0.39 is 36.2 Å². The molecule has 0 radical (unpaired) electrons. The maximum Gasteiger partial charge on any atom is 0.481 e. The van der Waals surface area contributed by atoms with Gasteiger partial charge >= 0.3 is 13.1 Å². The molecule has 0 spiro atoms. The minimum absolute atomic E-state index is 0.151. The number of benzene rings is 1. The highest BCUT2D eigenvalue weighted by atomic mass is 16.7. The van der Waals surface area contributed by atoms with Crippen molar-refractivity contribution < 1.29 is 33.2 Å². The number of carbonyl (C=O) groups is 3. The second-order valence-corrected chi connectivity index (χ2v) is 11.9. The molecule has 12 heteroatoms. The number of aryl methyl sites for hydroxylation is 1. The van der Waals surface area contributed by atoms with Gasteiger partial charge in [0.2, 0.25) is 11.8 Å². The predicted octanol–water partition coefficient (Wildman–Crippen LogP) is 1.78. The van der Waals surface area contributed by atoms with Crippen LogP contribution in [-0.4, -0.2) is 111 Å². The third-order valence-electron chi connectivity index (χ3n) is 8.41. The smallest absolute Gasteiger partial charge is 0.402 e. The number of hydrogen-bond donors (Lipinski definition) is 2. The van der Waals surface area contributed by atoms with Crippen molar-refractivity contribution in [3.05, 3.63) is 35.9 Å². The highest BCUT2D eigenvalue weighted by Crippen LogP contribution is 2.38. The zero-order valence-corrected chi connectivity index (χ0v) is 24.9. The molecule has 0 bridgehead atoms. The highest BCUT2D eigenvalue weighted by Gasteiger charge is 2.54. The van der Waals surface area contributed by atoms with Crippen molar-refractivity contribution in [1.29, 1.82) is 0 Å². The molecule has 1 aromatic rings. The number of morpholine rings is 2. The zero-order valence-electron chi connectivity index (χ0n) is 24.9. The summed E-state index contributed by atoms with van der Waals surface area (Å²) >= 11 is 0. The normalized spacial score (nSPS) is 21.7. The van der Waals surface area contributed by atoms with Crippen LogP contribution in [0.1, 0.15) is 52.5 Å². The summed E-state index contributed by atoms with van der Waals surface area (Å²) in [5.74, 6) is -1.12. The van der Waals surface area contributed by atoms with Gasteiger partial charge in [0.1, 0.15) is 6.04 Å². The van der Waals surface area contributed by atoms with E-state index in [1.165, 1.54) is 5.56 Å². The fourth-order valence-corrected chi connectivity index (χ4v) is 5.12. The van der Waals surface area contributed by atoms with E-state index in [9.17, 15) is 14.4 Å². The summed E-state index contributed by atoms with van der Waals surface area (Å²) in [6, 6.07) is 8.72. The molecule has 0 aromatic heterocycles. The van der Waals surface area contributed by atoms with E-state index in [2.05, 4.69) is 22.8 Å². The first-order valence-electron chi connectivity index (χ1n) is 14.7. The van der Waals surface area contributed by atoms with Gasteiger partial charge in [0.05, 0.1) is 50.0 Å². The van der Waals surface area contributed by atoms with Gasteiger partial charge in [0.15, 0.2) is 0 Å². The van der Waals surface area contributed by atoms with Gasteiger partial charge in [-0.25, -0.2) is 4.79 Å². The minimum atomic E-state index is -1.06. The Bertz CT molecular complexity index is 981. The van der Waals surface area contributed by atoms with E-state index in [1.54, 1.807) is 9.80 Å².